The molecule has 2 aromatic heterocycles. The maximum atomic E-state index is 12.0. The van der Waals surface area contributed by atoms with E-state index in [1.54, 1.807) is 23.7 Å². The minimum Gasteiger partial charge on any atom is -0.355 e. The number of carbonyl (C=O) groups is 1. The van der Waals surface area contributed by atoms with Crippen molar-refractivity contribution >= 4 is 35.0 Å². The number of aromatic nitrogens is 3. The van der Waals surface area contributed by atoms with Gasteiger partial charge in [-0.2, -0.15) is 0 Å². The van der Waals surface area contributed by atoms with Gasteiger partial charge in [0.2, 0.25) is 11.9 Å². The summed E-state index contributed by atoms with van der Waals surface area (Å²) in [6.45, 7) is 4.54. The minimum atomic E-state index is 0.0703. The van der Waals surface area contributed by atoms with Crippen molar-refractivity contribution in [3.63, 3.8) is 0 Å². The van der Waals surface area contributed by atoms with Gasteiger partial charge >= 0.3 is 0 Å². The second kappa shape index (κ2) is 8.43. The molecule has 1 aliphatic heterocycles. The number of hydrogen-bond acceptors (Lipinski definition) is 7. The van der Waals surface area contributed by atoms with Gasteiger partial charge in [0.15, 0.2) is 4.34 Å². The van der Waals surface area contributed by atoms with E-state index in [-0.39, 0.29) is 5.91 Å². The molecule has 0 aliphatic carbocycles. The molecule has 2 aromatic rings. The number of carbonyl (C=O) groups excluding carboxylic acids is 1. The van der Waals surface area contributed by atoms with E-state index >= 15 is 0 Å². The molecule has 6 nitrogen and oxygen atoms in total. The van der Waals surface area contributed by atoms with Gasteiger partial charge in [-0.05, 0) is 31.7 Å². The van der Waals surface area contributed by atoms with Crippen LogP contribution in [-0.2, 0) is 4.79 Å². The van der Waals surface area contributed by atoms with E-state index in [9.17, 15) is 4.79 Å². The molecule has 1 N–H and O–H groups in total. The number of hydrogen-bond donors (Lipinski definition) is 1. The fraction of sp³-hybridized carbons (Fsp3) is 0.500. The number of amides is 1. The van der Waals surface area contributed by atoms with Crippen molar-refractivity contribution in [2.45, 2.75) is 24.1 Å². The Balaban J connectivity index is 1.41. The van der Waals surface area contributed by atoms with Gasteiger partial charge in [0.25, 0.3) is 0 Å². The normalized spacial score (nSPS) is 17.7. The first-order valence-corrected chi connectivity index (χ1v) is 9.91. The summed E-state index contributed by atoms with van der Waals surface area (Å²) in [6.07, 6.45) is 5.77. The predicted molar refractivity (Wildman–Crippen MR) is 97.6 cm³/mol. The third-order valence-corrected chi connectivity index (χ3v) is 6.01. The molecule has 3 heterocycles. The SMILES string of the molecule is Cc1csc(SCC(=O)NC[C@@H]2CCCN(c3ncccn3)C2)n1. The Kier molecular flexibility index (Phi) is 6.03. The lowest BCUT2D eigenvalue weighted by Crippen LogP contribution is -2.42. The molecule has 3 rings (SSSR count). The van der Waals surface area contributed by atoms with E-state index in [2.05, 4.69) is 25.2 Å². The van der Waals surface area contributed by atoms with Gasteiger partial charge < -0.3 is 10.2 Å². The van der Waals surface area contributed by atoms with Crippen LogP contribution < -0.4 is 10.2 Å². The highest BCUT2D eigenvalue weighted by molar-refractivity contribution is 8.01. The topological polar surface area (TPSA) is 71.0 Å². The number of nitrogens with zero attached hydrogens (tertiary/aromatic N) is 4. The first kappa shape index (κ1) is 17.2. The zero-order chi connectivity index (χ0) is 16.8. The van der Waals surface area contributed by atoms with E-state index in [0.717, 1.165) is 41.9 Å². The summed E-state index contributed by atoms with van der Waals surface area (Å²) in [7, 11) is 0. The molecule has 0 unspecified atom stereocenters. The fourth-order valence-corrected chi connectivity index (χ4v) is 4.38. The van der Waals surface area contributed by atoms with Gasteiger partial charge in [0.05, 0.1) is 5.75 Å². The summed E-state index contributed by atoms with van der Waals surface area (Å²) in [5.74, 6) is 1.72. The second-order valence-corrected chi connectivity index (χ2v) is 7.93. The van der Waals surface area contributed by atoms with Gasteiger partial charge in [-0.3, -0.25) is 4.79 Å². The number of thioether (sulfide) groups is 1. The molecule has 0 radical (unpaired) electrons. The van der Waals surface area contributed by atoms with Crippen LogP contribution in [0.1, 0.15) is 18.5 Å². The van der Waals surface area contributed by atoms with Crippen LogP contribution in [-0.4, -0.2) is 46.2 Å². The van der Waals surface area contributed by atoms with Gasteiger partial charge in [-0.15, -0.1) is 11.3 Å². The Morgan fingerprint density at radius 1 is 1.46 bits per heavy atom. The van der Waals surface area contributed by atoms with E-state index < -0.39 is 0 Å². The molecule has 0 spiro atoms. The van der Waals surface area contributed by atoms with Crippen LogP contribution in [0.4, 0.5) is 5.95 Å². The van der Waals surface area contributed by atoms with Gasteiger partial charge in [-0.1, -0.05) is 11.8 Å². The third kappa shape index (κ3) is 4.91. The number of anilines is 1. The third-order valence-electron chi connectivity index (χ3n) is 3.87. The van der Waals surface area contributed by atoms with Crippen molar-refractivity contribution in [2.24, 2.45) is 5.92 Å². The minimum absolute atomic E-state index is 0.0703. The Bertz CT molecular complexity index is 663. The molecule has 1 fully saturated rings. The molecule has 1 amide bonds. The van der Waals surface area contributed by atoms with Crippen molar-refractivity contribution in [1.29, 1.82) is 0 Å². The molecule has 1 atom stereocenters. The molecule has 1 saturated heterocycles. The predicted octanol–water partition coefficient (Wildman–Crippen LogP) is 2.37. The van der Waals surface area contributed by atoms with Crippen LogP contribution in [0.5, 0.6) is 0 Å². The summed E-state index contributed by atoms with van der Waals surface area (Å²) >= 11 is 3.09. The molecule has 0 aromatic carbocycles. The number of aryl methyl sites for hydroxylation is 1. The number of nitrogens with one attached hydrogen (secondary N) is 1. The fourth-order valence-electron chi connectivity index (χ4n) is 2.70. The lowest BCUT2D eigenvalue weighted by atomic mass is 9.98. The summed E-state index contributed by atoms with van der Waals surface area (Å²) < 4.78 is 0.952. The number of thiazole rings is 1. The first-order valence-electron chi connectivity index (χ1n) is 8.04. The van der Waals surface area contributed by atoms with E-state index in [4.69, 9.17) is 0 Å². The van der Waals surface area contributed by atoms with Gasteiger partial charge in [0.1, 0.15) is 0 Å². The highest BCUT2D eigenvalue weighted by atomic mass is 32.2. The van der Waals surface area contributed by atoms with E-state index in [1.165, 1.54) is 11.8 Å². The highest BCUT2D eigenvalue weighted by Gasteiger charge is 2.22. The monoisotopic (exact) mass is 363 g/mol. The molecule has 128 valence electrons. The van der Waals surface area contributed by atoms with Gasteiger partial charge in [-0.25, -0.2) is 15.0 Å². The second-order valence-electron chi connectivity index (χ2n) is 5.85. The molecule has 0 saturated carbocycles. The average Bonchev–Trinajstić information content (AvgIpc) is 3.04. The van der Waals surface area contributed by atoms with E-state index in [1.807, 2.05) is 18.4 Å². The quantitative estimate of drug-likeness (QED) is 0.795. The zero-order valence-electron chi connectivity index (χ0n) is 13.6. The molecule has 1 aliphatic rings. The Labute approximate surface area is 150 Å². The van der Waals surface area contributed by atoms with Crippen LogP contribution in [0.15, 0.2) is 28.2 Å². The van der Waals surface area contributed by atoms with Crippen LogP contribution >= 0.6 is 23.1 Å². The maximum Gasteiger partial charge on any atom is 0.230 e. The van der Waals surface area contributed by atoms with Crippen molar-refractivity contribution < 1.29 is 4.79 Å². The molecule has 0 bridgehead atoms. The largest absolute Gasteiger partial charge is 0.355 e. The number of rotatable bonds is 6. The van der Waals surface area contributed by atoms with Crippen LogP contribution in [0.3, 0.4) is 0 Å². The molecule has 8 heteroatoms. The zero-order valence-corrected chi connectivity index (χ0v) is 15.3. The molecule has 24 heavy (non-hydrogen) atoms. The summed E-state index contributed by atoms with van der Waals surface area (Å²) in [6, 6.07) is 1.83. The standard InChI is InChI=1S/C16H21N5OS2/c1-12-10-23-16(20-12)24-11-14(22)19-8-13-4-2-7-21(9-13)15-17-5-3-6-18-15/h3,5-6,10,13H,2,4,7-9,11H2,1H3,(H,19,22)/t13-/m0/s1. The Morgan fingerprint density at radius 2 is 2.29 bits per heavy atom. The number of piperidine rings is 1. The lowest BCUT2D eigenvalue weighted by molar-refractivity contribution is -0.118. The van der Waals surface area contributed by atoms with Crippen molar-refractivity contribution in [3.8, 4) is 0 Å². The van der Waals surface area contributed by atoms with Gasteiger partial charge in [0, 0.05) is 43.1 Å². The van der Waals surface area contributed by atoms with E-state index in [0.29, 0.717) is 18.2 Å². The highest BCUT2D eigenvalue weighted by Crippen LogP contribution is 2.22. The van der Waals surface area contributed by atoms with Crippen molar-refractivity contribution in [2.75, 3.05) is 30.3 Å². The van der Waals surface area contributed by atoms with Crippen molar-refractivity contribution in [3.05, 3.63) is 29.5 Å². The Morgan fingerprint density at radius 3 is 3.04 bits per heavy atom. The summed E-state index contributed by atoms with van der Waals surface area (Å²) in [4.78, 5) is 27.2. The lowest BCUT2D eigenvalue weighted by Gasteiger charge is -2.32. The van der Waals surface area contributed by atoms with Crippen LogP contribution in [0.25, 0.3) is 0 Å². The van der Waals surface area contributed by atoms with Crippen molar-refractivity contribution in [1.82, 2.24) is 20.3 Å². The Hall–Kier alpha value is -1.67. The summed E-state index contributed by atoms with van der Waals surface area (Å²) in [5.41, 5.74) is 1.01. The maximum absolute atomic E-state index is 12.0. The van der Waals surface area contributed by atoms with Crippen LogP contribution in [0.2, 0.25) is 0 Å². The first-order chi connectivity index (χ1) is 11.7. The molecular formula is C16H21N5OS2. The van der Waals surface area contributed by atoms with Crippen LogP contribution in [0, 0.1) is 12.8 Å². The summed E-state index contributed by atoms with van der Waals surface area (Å²) in [5, 5.41) is 5.05. The average molecular weight is 364 g/mol. The smallest absolute Gasteiger partial charge is 0.230 e. The molecular weight excluding hydrogens is 342 g/mol.